The molecule has 5 N–H and O–H groups in total. The van der Waals surface area contributed by atoms with Crippen molar-refractivity contribution in [3.63, 3.8) is 0 Å². The number of anilines is 3. The van der Waals surface area contributed by atoms with E-state index in [1.54, 1.807) is 47.4 Å². The highest BCUT2D eigenvalue weighted by Crippen LogP contribution is 2.31. The number of unbranched alkanes of at least 4 members (excludes halogenated alkanes) is 2. The van der Waals surface area contributed by atoms with Crippen LogP contribution in [0.3, 0.4) is 0 Å². The number of benzene rings is 3. The lowest BCUT2D eigenvalue weighted by atomic mass is 9.99. The molecule has 1 heterocycles. The molecule has 3 aromatic carbocycles. The molecule has 0 fully saturated rings. The molecule has 0 spiro atoms. The zero-order valence-corrected chi connectivity index (χ0v) is 29.2. The number of nitrogens with zero attached hydrogens (tertiary/aromatic N) is 2. The zero-order chi connectivity index (χ0) is 34.8. The van der Waals surface area contributed by atoms with E-state index in [-0.39, 0.29) is 42.8 Å². The van der Waals surface area contributed by atoms with Crippen molar-refractivity contribution in [1.29, 1.82) is 0 Å². The average Bonchev–Trinajstić information content (AvgIpc) is 3.05. The Morgan fingerprint density at radius 3 is 2.42 bits per heavy atom. The Labute approximate surface area is 292 Å². The van der Waals surface area contributed by atoms with Gasteiger partial charge in [-0.15, -0.1) is 0 Å². The molecule has 1 aliphatic rings. The van der Waals surface area contributed by atoms with Crippen molar-refractivity contribution in [2.24, 2.45) is 5.92 Å². The van der Waals surface area contributed by atoms with Gasteiger partial charge in [0.25, 0.3) is 5.91 Å². The first kappa shape index (κ1) is 37.0. The van der Waals surface area contributed by atoms with Crippen LogP contribution in [-0.4, -0.2) is 71.5 Å². The summed E-state index contributed by atoms with van der Waals surface area (Å²) in [5, 5.41) is 16.7. The molecule has 1 aliphatic heterocycles. The van der Waals surface area contributed by atoms with Crippen LogP contribution in [0.15, 0.2) is 60.7 Å². The van der Waals surface area contributed by atoms with E-state index in [4.69, 9.17) is 33.7 Å². The fourth-order valence-corrected chi connectivity index (χ4v) is 5.96. The van der Waals surface area contributed by atoms with Crippen molar-refractivity contribution >= 4 is 58.0 Å². The fourth-order valence-electron chi connectivity index (χ4n) is 5.63. The van der Waals surface area contributed by atoms with Gasteiger partial charge in [-0.25, -0.2) is 0 Å². The number of ether oxygens (including phenoxy) is 1. The SMILES string of the molecule is C[C@@H]1CN([C@H](C)CO)C(=O)c2cc(NC(=O)CCCCCC(=O)Nc3ccccc3N)ccc2O[C@@H]1CN(C)Cc1ccc(Cl)c(Cl)c1. The van der Waals surface area contributed by atoms with Gasteiger partial charge in [-0.2, -0.15) is 0 Å². The maximum absolute atomic E-state index is 13.8. The standard InChI is InChI=1S/C36H45Cl2N5O5/c1-23-19-43(24(2)22-44)36(47)27-18-26(40-34(45)11-5-4-6-12-35(46)41-31-10-8-7-9-30(31)39)14-16-32(27)48-33(23)21-42(3)20-25-13-15-28(37)29(38)17-25/h7-10,13-18,23-24,33,44H,4-6,11-12,19-22,39H2,1-3H3,(H,40,45)(H,41,46)/t23-,24-,33-/m1/s1. The number of rotatable bonds is 14. The van der Waals surface area contributed by atoms with Gasteiger partial charge in [0.05, 0.1) is 39.6 Å². The third-order valence-corrected chi connectivity index (χ3v) is 9.16. The Balaban J connectivity index is 1.36. The number of hydrogen-bond donors (Lipinski definition) is 4. The number of carbonyl (C=O) groups excluding carboxylic acids is 3. The van der Waals surface area contributed by atoms with Gasteiger partial charge in [0, 0.05) is 44.1 Å². The molecular formula is C36H45Cl2N5O5. The maximum Gasteiger partial charge on any atom is 0.258 e. The second kappa shape index (κ2) is 17.5. The van der Waals surface area contributed by atoms with Gasteiger partial charge in [0.1, 0.15) is 11.9 Å². The van der Waals surface area contributed by atoms with Gasteiger partial charge in [-0.1, -0.05) is 54.7 Å². The number of aliphatic hydroxyl groups is 1. The molecule has 0 unspecified atom stereocenters. The zero-order valence-electron chi connectivity index (χ0n) is 27.7. The Bertz CT molecular complexity index is 1590. The summed E-state index contributed by atoms with van der Waals surface area (Å²) in [5.74, 6) is -0.207. The van der Waals surface area contributed by atoms with E-state index < -0.39 is 6.04 Å². The topological polar surface area (TPSA) is 137 Å². The van der Waals surface area contributed by atoms with Crippen LogP contribution in [0.2, 0.25) is 10.0 Å². The molecule has 48 heavy (non-hydrogen) atoms. The highest BCUT2D eigenvalue weighted by Gasteiger charge is 2.33. The normalized spacial score (nSPS) is 16.8. The van der Waals surface area contributed by atoms with Crippen molar-refractivity contribution in [3.8, 4) is 5.75 Å². The number of fused-ring (bicyclic) bond motifs is 1. The summed E-state index contributed by atoms with van der Waals surface area (Å²) in [6.45, 7) is 5.23. The smallest absolute Gasteiger partial charge is 0.258 e. The van der Waals surface area contributed by atoms with Gasteiger partial charge in [0.15, 0.2) is 0 Å². The largest absolute Gasteiger partial charge is 0.488 e. The molecule has 0 saturated heterocycles. The molecule has 12 heteroatoms. The molecule has 0 bridgehead atoms. The fraction of sp³-hybridized carbons (Fsp3) is 0.417. The van der Waals surface area contributed by atoms with E-state index in [1.807, 2.05) is 39.1 Å². The Kier molecular flexibility index (Phi) is 13.5. The number of amides is 3. The van der Waals surface area contributed by atoms with Crippen LogP contribution < -0.4 is 21.1 Å². The van der Waals surface area contributed by atoms with E-state index in [0.717, 1.165) is 5.56 Å². The van der Waals surface area contributed by atoms with Gasteiger partial charge >= 0.3 is 0 Å². The lowest BCUT2D eigenvalue weighted by Crippen LogP contribution is -2.49. The first-order chi connectivity index (χ1) is 22.9. The minimum absolute atomic E-state index is 0.0470. The van der Waals surface area contributed by atoms with Crippen LogP contribution in [-0.2, 0) is 16.1 Å². The van der Waals surface area contributed by atoms with E-state index in [2.05, 4.69) is 15.5 Å². The van der Waals surface area contributed by atoms with E-state index in [9.17, 15) is 19.5 Å². The van der Waals surface area contributed by atoms with Crippen molar-refractivity contribution in [3.05, 3.63) is 81.8 Å². The molecule has 0 aromatic heterocycles. The van der Waals surface area contributed by atoms with E-state index in [1.165, 1.54) is 0 Å². The molecule has 10 nitrogen and oxygen atoms in total. The number of carbonyl (C=O) groups is 3. The minimum Gasteiger partial charge on any atom is -0.488 e. The van der Waals surface area contributed by atoms with Crippen LogP contribution in [0.1, 0.15) is 61.9 Å². The maximum atomic E-state index is 13.8. The van der Waals surface area contributed by atoms with Crippen LogP contribution >= 0.6 is 23.2 Å². The number of para-hydroxylation sites is 2. The second-order valence-electron chi connectivity index (χ2n) is 12.5. The van der Waals surface area contributed by atoms with Crippen LogP contribution in [0.25, 0.3) is 0 Å². The van der Waals surface area contributed by atoms with Crippen molar-refractivity contribution in [2.45, 2.75) is 64.6 Å². The Morgan fingerprint density at radius 2 is 1.73 bits per heavy atom. The summed E-state index contributed by atoms with van der Waals surface area (Å²) in [6, 6.07) is 17.3. The number of nitrogens with one attached hydrogen (secondary N) is 2. The van der Waals surface area contributed by atoms with E-state index in [0.29, 0.717) is 83.7 Å². The Morgan fingerprint density at radius 1 is 1.02 bits per heavy atom. The molecule has 3 atom stereocenters. The van der Waals surface area contributed by atoms with E-state index >= 15 is 0 Å². The average molecular weight is 699 g/mol. The predicted octanol–water partition coefficient (Wildman–Crippen LogP) is 6.46. The number of halogens is 2. The monoisotopic (exact) mass is 697 g/mol. The number of nitrogens with two attached hydrogens (primary N) is 1. The first-order valence-corrected chi connectivity index (χ1v) is 17.0. The molecule has 4 rings (SSSR count). The summed E-state index contributed by atoms with van der Waals surface area (Å²) in [4.78, 5) is 42.6. The molecular weight excluding hydrogens is 653 g/mol. The minimum atomic E-state index is -0.411. The lowest BCUT2D eigenvalue weighted by molar-refractivity contribution is -0.116. The van der Waals surface area contributed by atoms with Gasteiger partial charge in [0.2, 0.25) is 11.8 Å². The number of likely N-dealkylation sites (N-methyl/N-ethyl adjacent to an activating group) is 1. The van der Waals surface area contributed by atoms with Gasteiger partial charge < -0.3 is 31.1 Å². The second-order valence-corrected chi connectivity index (χ2v) is 13.3. The Hall–Kier alpha value is -3.83. The summed E-state index contributed by atoms with van der Waals surface area (Å²) >= 11 is 12.3. The summed E-state index contributed by atoms with van der Waals surface area (Å²) in [7, 11) is 1.99. The van der Waals surface area contributed by atoms with Crippen molar-refractivity contribution in [2.75, 3.05) is 43.1 Å². The summed E-state index contributed by atoms with van der Waals surface area (Å²) < 4.78 is 6.50. The quantitative estimate of drug-likeness (QED) is 0.112. The number of nitrogen functional groups attached to an aromatic ring is 1. The van der Waals surface area contributed by atoms with Crippen LogP contribution in [0.5, 0.6) is 5.75 Å². The summed E-state index contributed by atoms with van der Waals surface area (Å²) in [6.07, 6.45) is 2.28. The van der Waals surface area contributed by atoms with Crippen molar-refractivity contribution < 1.29 is 24.2 Å². The third-order valence-electron chi connectivity index (χ3n) is 8.42. The predicted molar refractivity (Wildman–Crippen MR) is 192 cm³/mol. The highest BCUT2D eigenvalue weighted by atomic mass is 35.5. The lowest BCUT2D eigenvalue weighted by Gasteiger charge is -2.38. The molecule has 258 valence electrons. The molecule has 0 radical (unpaired) electrons. The summed E-state index contributed by atoms with van der Waals surface area (Å²) in [5.41, 5.74) is 8.80. The third kappa shape index (κ3) is 10.3. The van der Waals surface area contributed by atoms with Crippen LogP contribution in [0, 0.1) is 5.92 Å². The van der Waals surface area contributed by atoms with Gasteiger partial charge in [-0.3, -0.25) is 19.3 Å². The number of aliphatic hydroxyl groups excluding tert-OH is 1. The van der Waals surface area contributed by atoms with Crippen molar-refractivity contribution in [1.82, 2.24) is 9.80 Å². The van der Waals surface area contributed by atoms with Gasteiger partial charge in [-0.05, 0) is 74.8 Å². The number of hydrogen-bond acceptors (Lipinski definition) is 7. The molecule has 0 saturated carbocycles. The molecule has 3 aromatic rings. The first-order valence-electron chi connectivity index (χ1n) is 16.2. The highest BCUT2D eigenvalue weighted by molar-refractivity contribution is 6.42. The van der Waals surface area contributed by atoms with Crippen LogP contribution in [0.4, 0.5) is 17.1 Å². The molecule has 3 amide bonds. The molecule has 0 aliphatic carbocycles.